The summed E-state index contributed by atoms with van der Waals surface area (Å²) in [4.78, 5) is 11.1. The molecular weight excluding hydrogens is 184 g/mol. The fourth-order valence-electron chi connectivity index (χ4n) is 0.841. The van der Waals surface area contributed by atoms with E-state index in [0.717, 1.165) is 0 Å². The van der Waals surface area contributed by atoms with Crippen LogP contribution in [0.2, 0.25) is 0 Å². The molecule has 0 aliphatic rings. The van der Waals surface area contributed by atoms with Gasteiger partial charge in [0.15, 0.2) is 0 Å². The molecule has 0 atom stereocenters. The summed E-state index contributed by atoms with van der Waals surface area (Å²) in [7, 11) is 0. The number of rotatable bonds is 6. The molecule has 0 spiro atoms. The average molecular weight is 202 g/mol. The van der Waals surface area contributed by atoms with Gasteiger partial charge in [-0.25, -0.2) is 0 Å². The van der Waals surface area contributed by atoms with Gasteiger partial charge in [-0.05, 0) is 13.8 Å². The monoisotopic (exact) mass is 202 g/mol. The number of nitrogens with one attached hydrogen (secondary N) is 2. The third-order valence-corrected chi connectivity index (χ3v) is 1.42. The van der Waals surface area contributed by atoms with E-state index >= 15 is 0 Å². The Bertz CT molecular complexity index is 204. The van der Waals surface area contributed by atoms with Crippen molar-refractivity contribution in [2.45, 2.75) is 26.3 Å². The molecule has 6 heteroatoms. The van der Waals surface area contributed by atoms with Crippen LogP contribution in [0, 0.1) is 0 Å². The third-order valence-electron chi connectivity index (χ3n) is 1.42. The van der Waals surface area contributed by atoms with Gasteiger partial charge in [0, 0.05) is 19.0 Å². The molecule has 0 fully saturated rings. The van der Waals surface area contributed by atoms with Crippen molar-refractivity contribution in [1.29, 1.82) is 0 Å². The lowest BCUT2D eigenvalue weighted by atomic mass is 10.3. The van der Waals surface area contributed by atoms with E-state index in [2.05, 4.69) is 15.8 Å². The minimum absolute atomic E-state index is 0.0560. The summed E-state index contributed by atoms with van der Waals surface area (Å²) in [5.41, 5.74) is 5.23. The molecule has 14 heavy (non-hydrogen) atoms. The predicted molar refractivity (Wildman–Crippen MR) is 54.2 cm³/mol. The second-order valence-corrected chi connectivity index (χ2v) is 3.24. The van der Waals surface area contributed by atoms with Gasteiger partial charge in [-0.3, -0.25) is 4.79 Å². The van der Waals surface area contributed by atoms with E-state index in [1.807, 2.05) is 13.8 Å². The van der Waals surface area contributed by atoms with Crippen molar-refractivity contribution < 1.29 is 10.0 Å². The number of hydrogen-bond acceptors (Lipinski definition) is 4. The molecule has 0 bridgehead atoms. The number of hydrogen-bond donors (Lipinski definition) is 4. The smallest absolute Gasteiger partial charge is 0.234 e. The van der Waals surface area contributed by atoms with Crippen LogP contribution in [0.25, 0.3) is 0 Å². The highest BCUT2D eigenvalue weighted by atomic mass is 16.4. The Morgan fingerprint density at radius 2 is 2.21 bits per heavy atom. The Morgan fingerprint density at radius 3 is 2.71 bits per heavy atom. The molecule has 1 amide bonds. The molecule has 0 aromatic carbocycles. The molecule has 0 aromatic rings. The molecule has 0 heterocycles. The van der Waals surface area contributed by atoms with Crippen molar-refractivity contribution >= 4 is 11.7 Å². The summed E-state index contributed by atoms with van der Waals surface area (Å²) in [6.45, 7) is 4.56. The Balaban J connectivity index is 3.41. The summed E-state index contributed by atoms with van der Waals surface area (Å²) in [6.07, 6.45) is 0.422. The van der Waals surface area contributed by atoms with Gasteiger partial charge >= 0.3 is 0 Å². The van der Waals surface area contributed by atoms with Crippen LogP contribution in [0.3, 0.4) is 0 Å². The van der Waals surface area contributed by atoms with E-state index < -0.39 is 0 Å². The van der Waals surface area contributed by atoms with Crippen LogP contribution in [-0.4, -0.2) is 36.1 Å². The SMILES string of the molecule is CC(C)NC(=O)CNCCC(N)=NO. The molecule has 82 valence electrons. The molecule has 5 N–H and O–H groups in total. The van der Waals surface area contributed by atoms with Gasteiger partial charge in [0.05, 0.1) is 6.54 Å². The molecule has 0 rings (SSSR count). The molecule has 0 aromatic heterocycles. The number of nitrogens with zero attached hydrogens (tertiary/aromatic N) is 1. The van der Waals surface area contributed by atoms with Gasteiger partial charge in [-0.2, -0.15) is 0 Å². The number of amidine groups is 1. The topological polar surface area (TPSA) is 99.7 Å². The van der Waals surface area contributed by atoms with Crippen LogP contribution in [0.1, 0.15) is 20.3 Å². The van der Waals surface area contributed by atoms with Crippen molar-refractivity contribution in [3.8, 4) is 0 Å². The van der Waals surface area contributed by atoms with Gasteiger partial charge in [0.1, 0.15) is 5.84 Å². The van der Waals surface area contributed by atoms with Gasteiger partial charge in [-0.15, -0.1) is 0 Å². The standard InChI is InChI=1S/C8H18N4O2/c1-6(2)11-8(13)5-10-4-3-7(9)12-14/h6,10,14H,3-5H2,1-2H3,(H2,9,12)(H,11,13). The van der Waals surface area contributed by atoms with Crippen LogP contribution in [0.4, 0.5) is 0 Å². The van der Waals surface area contributed by atoms with Gasteiger partial charge in [0.2, 0.25) is 5.91 Å². The minimum Gasteiger partial charge on any atom is -0.409 e. The summed E-state index contributed by atoms with van der Waals surface area (Å²) >= 11 is 0. The molecule has 0 aliphatic carbocycles. The van der Waals surface area contributed by atoms with Crippen molar-refractivity contribution in [2.24, 2.45) is 10.9 Å². The van der Waals surface area contributed by atoms with E-state index in [1.165, 1.54) is 0 Å². The second-order valence-electron chi connectivity index (χ2n) is 3.24. The maximum Gasteiger partial charge on any atom is 0.234 e. The molecule has 0 saturated heterocycles. The summed E-state index contributed by atoms with van der Waals surface area (Å²) in [5.74, 6) is 0.0984. The van der Waals surface area contributed by atoms with Gasteiger partial charge in [0.25, 0.3) is 0 Å². The Labute approximate surface area is 83.5 Å². The number of amides is 1. The van der Waals surface area contributed by atoms with Gasteiger partial charge < -0.3 is 21.6 Å². The largest absolute Gasteiger partial charge is 0.409 e. The minimum atomic E-state index is -0.0560. The summed E-state index contributed by atoms with van der Waals surface area (Å²) in [5, 5.41) is 16.6. The number of carbonyl (C=O) groups is 1. The van der Waals surface area contributed by atoms with E-state index in [-0.39, 0.29) is 24.3 Å². The maximum atomic E-state index is 11.1. The van der Waals surface area contributed by atoms with E-state index in [0.29, 0.717) is 13.0 Å². The quantitative estimate of drug-likeness (QED) is 0.149. The average Bonchev–Trinajstić information content (AvgIpc) is 2.10. The Kier molecular flexibility index (Phi) is 6.47. The first kappa shape index (κ1) is 12.7. The second kappa shape index (κ2) is 7.14. The first-order valence-corrected chi connectivity index (χ1v) is 4.52. The molecule has 0 saturated carbocycles. The number of oxime groups is 1. The fourth-order valence-corrected chi connectivity index (χ4v) is 0.841. The van der Waals surface area contributed by atoms with E-state index in [9.17, 15) is 4.79 Å². The van der Waals surface area contributed by atoms with Crippen molar-refractivity contribution in [1.82, 2.24) is 10.6 Å². The van der Waals surface area contributed by atoms with Crippen LogP contribution in [0.5, 0.6) is 0 Å². The normalized spacial score (nSPS) is 11.8. The van der Waals surface area contributed by atoms with Crippen molar-refractivity contribution in [3.05, 3.63) is 0 Å². The van der Waals surface area contributed by atoms with Crippen LogP contribution in [0.15, 0.2) is 5.16 Å². The van der Waals surface area contributed by atoms with E-state index in [4.69, 9.17) is 10.9 Å². The summed E-state index contributed by atoms with van der Waals surface area (Å²) in [6, 6.07) is 0.147. The molecule has 6 nitrogen and oxygen atoms in total. The van der Waals surface area contributed by atoms with Crippen molar-refractivity contribution in [2.75, 3.05) is 13.1 Å². The first-order valence-electron chi connectivity index (χ1n) is 4.52. The van der Waals surface area contributed by atoms with Gasteiger partial charge in [-0.1, -0.05) is 5.16 Å². The molecule has 0 radical (unpaired) electrons. The lowest BCUT2D eigenvalue weighted by Crippen LogP contribution is -2.38. The fraction of sp³-hybridized carbons (Fsp3) is 0.750. The highest BCUT2D eigenvalue weighted by Gasteiger charge is 2.01. The predicted octanol–water partition coefficient (Wildman–Crippen LogP) is -0.763. The van der Waals surface area contributed by atoms with E-state index in [1.54, 1.807) is 0 Å². The molecule has 0 unspecified atom stereocenters. The first-order chi connectivity index (χ1) is 6.56. The zero-order valence-corrected chi connectivity index (χ0v) is 8.58. The maximum absolute atomic E-state index is 11.1. The van der Waals surface area contributed by atoms with Crippen molar-refractivity contribution in [3.63, 3.8) is 0 Å². The number of carbonyl (C=O) groups excluding carboxylic acids is 1. The van der Waals surface area contributed by atoms with Crippen LogP contribution < -0.4 is 16.4 Å². The highest BCUT2D eigenvalue weighted by molar-refractivity contribution is 5.80. The number of nitrogens with two attached hydrogens (primary N) is 1. The zero-order valence-electron chi connectivity index (χ0n) is 8.58. The summed E-state index contributed by atoms with van der Waals surface area (Å²) < 4.78 is 0. The highest BCUT2D eigenvalue weighted by Crippen LogP contribution is 1.78. The molecular formula is C8H18N4O2. The zero-order chi connectivity index (χ0) is 11.0. The van der Waals surface area contributed by atoms with Crippen LogP contribution >= 0.6 is 0 Å². The lowest BCUT2D eigenvalue weighted by molar-refractivity contribution is -0.120. The third kappa shape index (κ3) is 7.35. The molecule has 0 aliphatic heterocycles. The Hall–Kier alpha value is -1.30. The van der Waals surface area contributed by atoms with Crippen LogP contribution in [-0.2, 0) is 4.79 Å². The lowest BCUT2D eigenvalue weighted by Gasteiger charge is -2.08. The Morgan fingerprint density at radius 1 is 1.57 bits per heavy atom.